The summed E-state index contributed by atoms with van der Waals surface area (Å²) in [4.78, 5) is 38.8. The minimum atomic E-state index is -0.566. The summed E-state index contributed by atoms with van der Waals surface area (Å²) in [7, 11) is 0. The molecule has 2 saturated heterocycles. The summed E-state index contributed by atoms with van der Waals surface area (Å²) in [5, 5.41) is 15.1. The lowest BCUT2D eigenvalue weighted by Crippen LogP contribution is -2.46. The van der Waals surface area contributed by atoms with Gasteiger partial charge < -0.3 is 14.8 Å². The maximum Gasteiger partial charge on any atom is 0.331 e. The van der Waals surface area contributed by atoms with Gasteiger partial charge in [0, 0.05) is 12.6 Å². The second kappa shape index (κ2) is 13.1. The third-order valence-corrected chi connectivity index (χ3v) is 7.95. The Morgan fingerprint density at radius 2 is 1.83 bits per heavy atom. The van der Waals surface area contributed by atoms with Crippen molar-refractivity contribution in [2.45, 2.75) is 64.3 Å². The molecule has 9 heteroatoms. The molecular formula is C32H35N3O6. The SMILES string of the molecule is Cc1c(COc2ccc(CN3CCCCC3C(=O)OC(=O)[C@@H]3CCCN3)cc2[N+](=O)[O-])cccc1-c1ccccc1. The normalized spacial score (nSPS) is 19.0. The molecule has 2 atom stereocenters. The smallest absolute Gasteiger partial charge is 0.331 e. The molecule has 5 rings (SSSR count). The van der Waals surface area contributed by atoms with Gasteiger partial charge in [0.15, 0.2) is 5.75 Å². The summed E-state index contributed by atoms with van der Waals surface area (Å²) in [6.45, 7) is 3.92. The van der Waals surface area contributed by atoms with Gasteiger partial charge >= 0.3 is 17.6 Å². The molecule has 0 aliphatic carbocycles. The summed E-state index contributed by atoms with van der Waals surface area (Å²) in [5.74, 6) is -0.891. The van der Waals surface area contributed by atoms with E-state index in [1.807, 2.05) is 54.3 Å². The molecule has 0 amide bonds. The van der Waals surface area contributed by atoms with Crippen molar-refractivity contribution in [2.24, 2.45) is 0 Å². The van der Waals surface area contributed by atoms with E-state index in [1.54, 1.807) is 12.1 Å². The number of esters is 2. The molecular weight excluding hydrogens is 522 g/mol. The Bertz CT molecular complexity index is 1400. The van der Waals surface area contributed by atoms with Crippen molar-refractivity contribution < 1.29 is 24.0 Å². The highest BCUT2D eigenvalue weighted by Crippen LogP contribution is 2.32. The number of hydrogen-bond donors (Lipinski definition) is 1. The molecule has 2 aliphatic heterocycles. The van der Waals surface area contributed by atoms with Crippen molar-refractivity contribution in [3.63, 3.8) is 0 Å². The third-order valence-electron chi connectivity index (χ3n) is 7.95. The molecule has 0 radical (unpaired) electrons. The number of likely N-dealkylation sites (tertiary alicyclic amines) is 1. The van der Waals surface area contributed by atoms with Crippen LogP contribution >= 0.6 is 0 Å². The number of nitro groups is 1. The van der Waals surface area contributed by atoms with E-state index >= 15 is 0 Å². The quantitative estimate of drug-likeness (QED) is 0.163. The molecule has 1 unspecified atom stereocenters. The van der Waals surface area contributed by atoms with Gasteiger partial charge in [-0.05, 0) is 79.6 Å². The number of nitrogens with zero attached hydrogens (tertiary/aromatic N) is 2. The number of piperidine rings is 1. The van der Waals surface area contributed by atoms with Crippen molar-refractivity contribution in [1.82, 2.24) is 10.2 Å². The molecule has 9 nitrogen and oxygen atoms in total. The number of carbonyl (C=O) groups is 2. The van der Waals surface area contributed by atoms with E-state index in [4.69, 9.17) is 9.47 Å². The lowest BCUT2D eigenvalue weighted by molar-refractivity contribution is -0.386. The van der Waals surface area contributed by atoms with E-state index in [1.165, 1.54) is 6.07 Å². The van der Waals surface area contributed by atoms with Gasteiger partial charge in [0.25, 0.3) is 0 Å². The second-order valence-corrected chi connectivity index (χ2v) is 10.7. The Labute approximate surface area is 239 Å². The van der Waals surface area contributed by atoms with Gasteiger partial charge in [-0.15, -0.1) is 0 Å². The Morgan fingerprint density at radius 3 is 2.59 bits per heavy atom. The summed E-state index contributed by atoms with van der Waals surface area (Å²) in [6, 6.07) is 20.0. The molecule has 2 aliphatic rings. The average molecular weight is 558 g/mol. The second-order valence-electron chi connectivity index (χ2n) is 10.7. The van der Waals surface area contributed by atoms with Gasteiger partial charge in [-0.1, -0.05) is 61.0 Å². The van der Waals surface area contributed by atoms with E-state index in [-0.39, 0.29) is 18.0 Å². The summed E-state index contributed by atoms with van der Waals surface area (Å²) < 4.78 is 11.2. The molecule has 0 bridgehead atoms. The summed E-state index contributed by atoms with van der Waals surface area (Å²) in [6.07, 6.45) is 3.86. The zero-order valence-electron chi connectivity index (χ0n) is 23.2. The highest BCUT2D eigenvalue weighted by molar-refractivity contribution is 5.91. The first-order chi connectivity index (χ1) is 19.9. The number of benzene rings is 3. The van der Waals surface area contributed by atoms with Crippen molar-refractivity contribution in [3.05, 3.63) is 93.5 Å². The summed E-state index contributed by atoms with van der Waals surface area (Å²) in [5.41, 5.74) is 4.76. The maximum absolute atomic E-state index is 12.9. The molecule has 1 N–H and O–H groups in total. The van der Waals surface area contributed by atoms with Crippen LogP contribution in [0.4, 0.5) is 5.69 Å². The van der Waals surface area contributed by atoms with Crippen LogP contribution in [0.15, 0.2) is 66.7 Å². The zero-order chi connectivity index (χ0) is 28.8. The summed E-state index contributed by atoms with van der Waals surface area (Å²) >= 11 is 0. The van der Waals surface area contributed by atoms with E-state index < -0.39 is 28.9 Å². The first-order valence-corrected chi connectivity index (χ1v) is 14.2. The van der Waals surface area contributed by atoms with Gasteiger partial charge in [-0.25, -0.2) is 9.59 Å². The molecule has 0 saturated carbocycles. The standard InChI is InChI=1S/C32H35N3O6/c1-22-25(11-7-12-26(22)24-9-3-2-4-10-24)21-40-30-16-15-23(19-29(30)35(38)39)20-34-18-6-5-14-28(34)32(37)41-31(36)27-13-8-17-33-27/h2-4,7,9-12,15-16,19,27-28,33H,5-6,8,13-14,17-18,20-21H2,1H3/t27-,28?/m0/s1. The predicted molar refractivity (Wildman–Crippen MR) is 154 cm³/mol. The van der Waals surface area contributed by atoms with E-state index in [2.05, 4.69) is 11.4 Å². The van der Waals surface area contributed by atoms with Crippen molar-refractivity contribution in [2.75, 3.05) is 13.1 Å². The minimum absolute atomic E-state index is 0.127. The predicted octanol–water partition coefficient (Wildman–Crippen LogP) is 5.33. The first-order valence-electron chi connectivity index (χ1n) is 14.2. The van der Waals surface area contributed by atoms with Crippen molar-refractivity contribution in [1.29, 1.82) is 0 Å². The molecule has 3 aromatic rings. The number of hydrogen-bond acceptors (Lipinski definition) is 8. The lowest BCUT2D eigenvalue weighted by Gasteiger charge is -2.33. The fourth-order valence-corrected chi connectivity index (χ4v) is 5.66. The Morgan fingerprint density at radius 1 is 1.00 bits per heavy atom. The van der Waals surface area contributed by atoms with Crippen LogP contribution in [0.3, 0.4) is 0 Å². The Kier molecular flexibility index (Phi) is 9.06. The largest absolute Gasteiger partial charge is 0.482 e. The van der Waals surface area contributed by atoms with Crippen LogP contribution in [-0.2, 0) is 27.5 Å². The van der Waals surface area contributed by atoms with E-state index in [0.29, 0.717) is 31.5 Å². The van der Waals surface area contributed by atoms with E-state index in [0.717, 1.165) is 48.1 Å². The third kappa shape index (κ3) is 6.81. The zero-order valence-corrected chi connectivity index (χ0v) is 23.2. The number of rotatable bonds is 9. The van der Waals surface area contributed by atoms with Gasteiger partial charge in [-0.2, -0.15) is 0 Å². The molecule has 3 aromatic carbocycles. The van der Waals surface area contributed by atoms with Gasteiger partial charge in [0.1, 0.15) is 18.7 Å². The van der Waals surface area contributed by atoms with E-state index in [9.17, 15) is 19.7 Å². The molecule has 41 heavy (non-hydrogen) atoms. The highest BCUT2D eigenvalue weighted by atomic mass is 16.6. The first kappa shape index (κ1) is 28.4. The number of ether oxygens (including phenoxy) is 2. The fraction of sp³-hybridized carbons (Fsp3) is 0.375. The Hall–Kier alpha value is -4.08. The van der Waals surface area contributed by atoms with Crippen molar-refractivity contribution in [3.8, 4) is 16.9 Å². The average Bonchev–Trinajstić information content (AvgIpc) is 3.53. The van der Waals surface area contributed by atoms with Crippen LogP contribution in [0, 0.1) is 17.0 Å². The molecule has 2 heterocycles. The minimum Gasteiger partial charge on any atom is -0.482 e. The van der Waals surface area contributed by atoms with Crippen LogP contribution < -0.4 is 10.1 Å². The van der Waals surface area contributed by atoms with Crippen LogP contribution in [0.2, 0.25) is 0 Å². The number of nitrogens with one attached hydrogen (secondary N) is 1. The Balaban J connectivity index is 1.27. The maximum atomic E-state index is 12.9. The lowest BCUT2D eigenvalue weighted by atomic mass is 9.97. The molecule has 214 valence electrons. The molecule has 0 spiro atoms. The number of nitro benzene ring substituents is 1. The van der Waals surface area contributed by atoms with Gasteiger partial charge in [0.05, 0.1) is 4.92 Å². The van der Waals surface area contributed by atoms with Crippen LogP contribution in [0.25, 0.3) is 11.1 Å². The molecule has 0 aromatic heterocycles. The van der Waals surface area contributed by atoms with Crippen molar-refractivity contribution >= 4 is 17.6 Å². The fourth-order valence-electron chi connectivity index (χ4n) is 5.66. The molecule has 2 fully saturated rings. The highest BCUT2D eigenvalue weighted by Gasteiger charge is 2.34. The number of carbonyl (C=O) groups excluding carboxylic acids is 2. The van der Waals surface area contributed by atoms with Crippen LogP contribution in [-0.4, -0.2) is 46.9 Å². The van der Waals surface area contributed by atoms with Crippen LogP contribution in [0.1, 0.15) is 48.8 Å². The van der Waals surface area contributed by atoms with Crippen LogP contribution in [0.5, 0.6) is 5.75 Å². The van der Waals surface area contributed by atoms with Gasteiger partial charge in [0.2, 0.25) is 0 Å². The monoisotopic (exact) mass is 557 g/mol. The van der Waals surface area contributed by atoms with Gasteiger partial charge in [-0.3, -0.25) is 15.0 Å². The topological polar surface area (TPSA) is 111 Å².